The summed E-state index contributed by atoms with van der Waals surface area (Å²) in [7, 11) is 0. The van der Waals surface area contributed by atoms with E-state index < -0.39 is 0 Å². The fourth-order valence-corrected chi connectivity index (χ4v) is 1.99. The minimum atomic E-state index is -0.245. The van der Waals surface area contributed by atoms with E-state index in [1.165, 1.54) is 0 Å². The summed E-state index contributed by atoms with van der Waals surface area (Å²) in [4.78, 5) is 24.5. The molecule has 0 aromatic carbocycles. The van der Waals surface area contributed by atoms with E-state index in [2.05, 4.69) is 20.3 Å². The van der Waals surface area contributed by atoms with E-state index in [0.717, 1.165) is 5.82 Å². The van der Waals surface area contributed by atoms with Gasteiger partial charge in [0.05, 0.1) is 18.5 Å². The van der Waals surface area contributed by atoms with Gasteiger partial charge in [0, 0.05) is 30.2 Å². The number of pyridine rings is 2. The second kappa shape index (κ2) is 6.69. The predicted molar refractivity (Wildman–Crippen MR) is 84.7 cm³/mol. The van der Waals surface area contributed by atoms with Crippen molar-refractivity contribution in [3.63, 3.8) is 0 Å². The van der Waals surface area contributed by atoms with Gasteiger partial charge in [0.2, 0.25) is 5.88 Å². The molecule has 116 valence electrons. The Morgan fingerprint density at radius 1 is 1.26 bits per heavy atom. The zero-order chi connectivity index (χ0) is 16.1. The van der Waals surface area contributed by atoms with E-state index in [-0.39, 0.29) is 5.91 Å². The first-order valence-corrected chi connectivity index (χ1v) is 7.11. The first kappa shape index (κ1) is 14.7. The molecule has 23 heavy (non-hydrogen) atoms. The molecule has 0 atom stereocenters. The van der Waals surface area contributed by atoms with Gasteiger partial charge in [0.25, 0.3) is 5.91 Å². The largest absolute Gasteiger partial charge is 0.478 e. The van der Waals surface area contributed by atoms with Crippen LogP contribution in [-0.4, -0.2) is 32.0 Å². The minimum absolute atomic E-state index is 0.245. The number of carbonyl (C=O) groups excluding carboxylic acids is 1. The number of hydrogen-bond donors (Lipinski definition) is 1. The van der Waals surface area contributed by atoms with Gasteiger partial charge >= 0.3 is 0 Å². The Hall–Kier alpha value is -3.22. The highest BCUT2D eigenvalue weighted by atomic mass is 16.5. The van der Waals surface area contributed by atoms with Gasteiger partial charge in [0.15, 0.2) is 0 Å². The van der Waals surface area contributed by atoms with Gasteiger partial charge < -0.3 is 10.1 Å². The summed E-state index contributed by atoms with van der Waals surface area (Å²) >= 11 is 0. The van der Waals surface area contributed by atoms with Crippen LogP contribution in [0.4, 0.5) is 5.69 Å². The summed E-state index contributed by atoms with van der Waals surface area (Å²) in [5.41, 5.74) is 1.08. The van der Waals surface area contributed by atoms with Crippen LogP contribution in [0.3, 0.4) is 0 Å². The molecule has 0 aliphatic heterocycles. The summed E-state index contributed by atoms with van der Waals surface area (Å²) in [5, 5.41) is 2.79. The van der Waals surface area contributed by atoms with Gasteiger partial charge in [-0.2, -0.15) is 0 Å². The first-order chi connectivity index (χ1) is 11.3. The van der Waals surface area contributed by atoms with Crippen molar-refractivity contribution >= 4 is 11.6 Å². The average Bonchev–Trinajstić information content (AvgIpc) is 3.11. The number of rotatable bonds is 5. The second-order valence-electron chi connectivity index (χ2n) is 4.64. The fraction of sp³-hybridized carbons (Fsp3) is 0.125. The van der Waals surface area contributed by atoms with Gasteiger partial charge in [-0.1, -0.05) is 0 Å². The number of aromatic nitrogens is 4. The third-order valence-corrected chi connectivity index (χ3v) is 3.06. The Morgan fingerprint density at radius 3 is 2.87 bits per heavy atom. The number of hydrogen-bond acceptors (Lipinski definition) is 5. The molecule has 3 heterocycles. The van der Waals surface area contributed by atoms with Crippen LogP contribution < -0.4 is 10.1 Å². The molecule has 0 unspecified atom stereocenters. The van der Waals surface area contributed by atoms with Gasteiger partial charge in [-0.15, -0.1) is 0 Å². The van der Waals surface area contributed by atoms with Crippen LogP contribution >= 0.6 is 0 Å². The highest BCUT2D eigenvalue weighted by molar-refractivity contribution is 6.04. The summed E-state index contributed by atoms with van der Waals surface area (Å²) in [6.07, 6.45) is 8.27. The molecule has 1 N–H and O–H groups in total. The molecule has 0 radical (unpaired) electrons. The number of nitrogens with zero attached hydrogens (tertiary/aromatic N) is 4. The maximum Gasteiger partial charge on any atom is 0.255 e. The molecule has 0 aliphatic rings. The molecular formula is C16H15N5O2. The standard InChI is InChI=1S/C16H15N5O2/c1-2-23-15-9-12(5-6-18-15)16(22)20-13-3-4-14(19-10-13)21-8-7-17-11-21/h3-11H,2H2,1H3,(H,20,22). The van der Waals surface area contributed by atoms with Crippen LogP contribution in [0.2, 0.25) is 0 Å². The molecule has 3 aromatic heterocycles. The molecule has 0 fully saturated rings. The van der Waals surface area contributed by atoms with Crippen molar-refractivity contribution in [2.24, 2.45) is 0 Å². The van der Waals surface area contributed by atoms with Crippen molar-refractivity contribution in [3.8, 4) is 11.7 Å². The number of ether oxygens (including phenoxy) is 1. The highest BCUT2D eigenvalue weighted by Crippen LogP contribution is 2.13. The summed E-state index contributed by atoms with van der Waals surface area (Å²) in [6.45, 7) is 2.36. The van der Waals surface area contributed by atoms with Gasteiger partial charge in [-0.05, 0) is 25.1 Å². The Labute approximate surface area is 133 Å². The van der Waals surface area contributed by atoms with E-state index in [1.807, 2.05) is 6.92 Å². The number of carbonyl (C=O) groups is 1. The molecule has 1 amide bonds. The van der Waals surface area contributed by atoms with Crippen LogP contribution in [0.1, 0.15) is 17.3 Å². The summed E-state index contributed by atoms with van der Waals surface area (Å²) < 4.78 is 7.07. The van der Waals surface area contributed by atoms with Crippen molar-refractivity contribution in [2.45, 2.75) is 6.92 Å². The van der Waals surface area contributed by atoms with Crippen molar-refractivity contribution < 1.29 is 9.53 Å². The number of anilines is 1. The smallest absolute Gasteiger partial charge is 0.255 e. The topological polar surface area (TPSA) is 81.9 Å². The summed E-state index contributed by atoms with van der Waals surface area (Å²) in [6, 6.07) is 6.82. The highest BCUT2D eigenvalue weighted by Gasteiger charge is 2.08. The average molecular weight is 309 g/mol. The number of nitrogens with one attached hydrogen (secondary N) is 1. The van der Waals surface area contributed by atoms with Crippen LogP contribution in [0.15, 0.2) is 55.4 Å². The Morgan fingerprint density at radius 2 is 2.17 bits per heavy atom. The van der Waals surface area contributed by atoms with Crippen LogP contribution in [-0.2, 0) is 0 Å². The molecule has 7 heteroatoms. The number of amides is 1. The van der Waals surface area contributed by atoms with Crippen LogP contribution in [0.5, 0.6) is 5.88 Å². The molecular weight excluding hydrogens is 294 g/mol. The Kier molecular flexibility index (Phi) is 4.28. The first-order valence-electron chi connectivity index (χ1n) is 7.11. The second-order valence-corrected chi connectivity index (χ2v) is 4.64. The zero-order valence-corrected chi connectivity index (χ0v) is 12.5. The zero-order valence-electron chi connectivity index (χ0n) is 12.5. The monoisotopic (exact) mass is 309 g/mol. The molecule has 3 rings (SSSR count). The molecule has 0 saturated carbocycles. The minimum Gasteiger partial charge on any atom is -0.478 e. The quantitative estimate of drug-likeness (QED) is 0.782. The lowest BCUT2D eigenvalue weighted by Crippen LogP contribution is -2.12. The van der Waals surface area contributed by atoms with E-state index in [1.54, 1.807) is 59.9 Å². The van der Waals surface area contributed by atoms with Crippen LogP contribution in [0.25, 0.3) is 5.82 Å². The lowest BCUT2D eigenvalue weighted by Gasteiger charge is -2.07. The van der Waals surface area contributed by atoms with Gasteiger partial charge in [-0.25, -0.2) is 15.0 Å². The third kappa shape index (κ3) is 3.52. The lowest BCUT2D eigenvalue weighted by atomic mass is 10.2. The molecule has 0 bridgehead atoms. The van der Waals surface area contributed by atoms with Crippen molar-refractivity contribution in [2.75, 3.05) is 11.9 Å². The maximum absolute atomic E-state index is 12.2. The van der Waals surface area contributed by atoms with E-state index in [0.29, 0.717) is 23.7 Å². The van der Waals surface area contributed by atoms with Crippen LogP contribution in [0, 0.1) is 0 Å². The normalized spacial score (nSPS) is 10.3. The lowest BCUT2D eigenvalue weighted by molar-refractivity contribution is 0.102. The van der Waals surface area contributed by atoms with Crippen molar-refractivity contribution in [1.82, 2.24) is 19.5 Å². The summed E-state index contributed by atoms with van der Waals surface area (Å²) in [5.74, 6) is 0.905. The molecule has 3 aromatic rings. The fourth-order valence-electron chi connectivity index (χ4n) is 1.99. The van der Waals surface area contributed by atoms with E-state index in [9.17, 15) is 4.79 Å². The molecule has 0 spiro atoms. The van der Waals surface area contributed by atoms with Gasteiger partial charge in [-0.3, -0.25) is 9.36 Å². The third-order valence-electron chi connectivity index (χ3n) is 3.06. The van der Waals surface area contributed by atoms with E-state index in [4.69, 9.17) is 4.74 Å². The Balaban J connectivity index is 1.71. The SMILES string of the molecule is CCOc1cc(C(=O)Nc2ccc(-n3ccnc3)nc2)ccn1. The molecule has 7 nitrogen and oxygen atoms in total. The Bertz CT molecular complexity index is 784. The maximum atomic E-state index is 12.2. The molecule has 0 aliphatic carbocycles. The van der Waals surface area contributed by atoms with Gasteiger partial charge in [0.1, 0.15) is 12.1 Å². The van der Waals surface area contributed by atoms with E-state index >= 15 is 0 Å². The number of imidazole rings is 1. The predicted octanol–water partition coefficient (Wildman–Crippen LogP) is 2.31. The molecule has 0 saturated heterocycles. The van der Waals surface area contributed by atoms with Crippen molar-refractivity contribution in [1.29, 1.82) is 0 Å². The van der Waals surface area contributed by atoms with Crippen molar-refractivity contribution in [3.05, 3.63) is 60.9 Å².